The van der Waals surface area contributed by atoms with Crippen molar-refractivity contribution in [2.45, 2.75) is 58.8 Å². The average molecular weight is 241 g/mol. The summed E-state index contributed by atoms with van der Waals surface area (Å²) in [5.41, 5.74) is 0.557. The summed E-state index contributed by atoms with van der Waals surface area (Å²) in [5.74, 6) is -0.670. The molecule has 3 nitrogen and oxygen atoms in total. The van der Waals surface area contributed by atoms with E-state index in [2.05, 4.69) is 18.7 Å². The number of hydrogen-bond acceptors (Lipinski definition) is 2. The van der Waals surface area contributed by atoms with E-state index in [1.807, 2.05) is 0 Å². The van der Waals surface area contributed by atoms with E-state index in [9.17, 15) is 4.79 Å². The van der Waals surface area contributed by atoms with Crippen LogP contribution in [0.2, 0.25) is 0 Å². The Labute approximate surface area is 105 Å². The van der Waals surface area contributed by atoms with Crippen molar-refractivity contribution in [2.24, 2.45) is 5.41 Å². The number of nitrogens with zero attached hydrogens (tertiary/aromatic N) is 1. The molecule has 1 N–H and O–H groups in total. The van der Waals surface area contributed by atoms with Crippen LogP contribution in [0, 0.1) is 5.41 Å². The summed E-state index contributed by atoms with van der Waals surface area (Å²) >= 11 is 0. The Balaban J connectivity index is 2.34. The van der Waals surface area contributed by atoms with E-state index in [1.54, 1.807) is 0 Å². The molecule has 0 aliphatic carbocycles. The maximum absolute atomic E-state index is 10.5. The SMILES string of the molecule is CCC1(CC)CCCN(CCCC(=O)O)CC1. The highest BCUT2D eigenvalue weighted by Gasteiger charge is 2.28. The molecule has 0 saturated carbocycles. The molecule has 0 amide bonds. The molecule has 17 heavy (non-hydrogen) atoms. The van der Waals surface area contributed by atoms with Gasteiger partial charge in [-0.2, -0.15) is 0 Å². The van der Waals surface area contributed by atoms with Crippen LogP contribution in [0.3, 0.4) is 0 Å². The van der Waals surface area contributed by atoms with Gasteiger partial charge < -0.3 is 10.0 Å². The average Bonchev–Trinajstić information content (AvgIpc) is 2.52. The van der Waals surface area contributed by atoms with Gasteiger partial charge in [-0.25, -0.2) is 0 Å². The van der Waals surface area contributed by atoms with Crippen LogP contribution in [0.5, 0.6) is 0 Å². The highest BCUT2D eigenvalue weighted by Crippen LogP contribution is 2.37. The fourth-order valence-corrected chi connectivity index (χ4v) is 2.94. The van der Waals surface area contributed by atoms with E-state index in [4.69, 9.17) is 5.11 Å². The second-order valence-corrected chi connectivity index (χ2v) is 5.40. The van der Waals surface area contributed by atoms with E-state index >= 15 is 0 Å². The van der Waals surface area contributed by atoms with Crippen LogP contribution >= 0.6 is 0 Å². The van der Waals surface area contributed by atoms with Crippen molar-refractivity contribution in [3.8, 4) is 0 Å². The van der Waals surface area contributed by atoms with E-state index < -0.39 is 5.97 Å². The zero-order chi connectivity index (χ0) is 12.7. The number of rotatable bonds is 6. The van der Waals surface area contributed by atoms with Crippen molar-refractivity contribution < 1.29 is 9.90 Å². The molecule has 1 saturated heterocycles. The van der Waals surface area contributed by atoms with Gasteiger partial charge in [-0.15, -0.1) is 0 Å². The fraction of sp³-hybridized carbons (Fsp3) is 0.929. The molecule has 0 spiro atoms. The largest absolute Gasteiger partial charge is 0.481 e. The molecule has 0 atom stereocenters. The van der Waals surface area contributed by atoms with Gasteiger partial charge in [0.15, 0.2) is 0 Å². The summed E-state index contributed by atoms with van der Waals surface area (Å²) in [7, 11) is 0. The summed E-state index contributed by atoms with van der Waals surface area (Å²) in [4.78, 5) is 12.9. The Kier molecular flexibility index (Phi) is 5.96. The standard InChI is InChI=1S/C14H27NO2/c1-3-14(4-2)8-6-11-15(12-9-14)10-5-7-13(16)17/h3-12H2,1-2H3,(H,16,17). The van der Waals surface area contributed by atoms with E-state index in [-0.39, 0.29) is 0 Å². The normalized spacial score (nSPS) is 21.1. The Morgan fingerprint density at radius 3 is 2.53 bits per heavy atom. The van der Waals surface area contributed by atoms with Gasteiger partial charge in [-0.3, -0.25) is 4.79 Å². The number of aliphatic carboxylic acids is 1. The van der Waals surface area contributed by atoms with E-state index in [1.165, 1.54) is 32.1 Å². The Bertz CT molecular complexity index is 236. The fourth-order valence-electron chi connectivity index (χ4n) is 2.94. The summed E-state index contributed by atoms with van der Waals surface area (Å²) in [6.07, 6.45) is 7.57. The third kappa shape index (κ3) is 4.66. The molecular formula is C14H27NO2. The van der Waals surface area contributed by atoms with Crippen molar-refractivity contribution in [3.05, 3.63) is 0 Å². The summed E-state index contributed by atoms with van der Waals surface area (Å²) in [6, 6.07) is 0. The lowest BCUT2D eigenvalue weighted by Gasteiger charge is -2.30. The molecule has 1 aliphatic heterocycles. The van der Waals surface area contributed by atoms with E-state index in [0.717, 1.165) is 26.1 Å². The summed E-state index contributed by atoms with van der Waals surface area (Å²) in [6.45, 7) is 7.88. The van der Waals surface area contributed by atoms with Gasteiger partial charge in [0.25, 0.3) is 0 Å². The first kappa shape index (κ1) is 14.5. The second kappa shape index (κ2) is 7.00. The first-order chi connectivity index (χ1) is 8.12. The molecule has 3 heteroatoms. The Morgan fingerprint density at radius 1 is 1.24 bits per heavy atom. The maximum atomic E-state index is 10.5. The van der Waals surface area contributed by atoms with Gasteiger partial charge in [-0.05, 0) is 50.7 Å². The lowest BCUT2D eigenvalue weighted by atomic mass is 9.76. The number of carboxylic acid groups (broad SMARTS) is 1. The molecule has 0 bridgehead atoms. The minimum atomic E-state index is -0.670. The molecule has 1 aliphatic rings. The maximum Gasteiger partial charge on any atom is 0.303 e. The van der Waals surface area contributed by atoms with Crippen LogP contribution in [0.4, 0.5) is 0 Å². The van der Waals surface area contributed by atoms with Gasteiger partial charge in [-0.1, -0.05) is 26.7 Å². The van der Waals surface area contributed by atoms with Crippen molar-refractivity contribution >= 4 is 5.97 Å². The van der Waals surface area contributed by atoms with Crippen LogP contribution in [0.25, 0.3) is 0 Å². The predicted octanol–water partition coefficient (Wildman–Crippen LogP) is 3.14. The molecule has 1 fully saturated rings. The van der Waals surface area contributed by atoms with Gasteiger partial charge in [0.1, 0.15) is 0 Å². The van der Waals surface area contributed by atoms with Gasteiger partial charge in [0.05, 0.1) is 0 Å². The van der Waals surface area contributed by atoms with Gasteiger partial charge >= 0.3 is 5.97 Å². The van der Waals surface area contributed by atoms with Crippen molar-refractivity contribution in [3.63, 3.8) is 0 Å². The highest BCUT2D eigenvalue weighted by molar-refractivity contribution is 5.66. The third-order valence-corrected chi connectivity index (χ3v) is 4.50. The molecular weight excluding hydrogens is 214 g/mol. The molecule has 0 aromatic carbocycles. The van der Waals surface area contributed by atoms with E-state index in [0.29, 0.717) is 11.8 Å². The molecule has 0 unspecified atom stereocenters. The van der Waals surface area contributed by atoms with Crippen LogP contribution < -0.4 is 0 Å². The number of carbonyl (C=O) groups is 1. The lowest BCUT2D eigenvalue weighted by Crippen LogP contribution is -2.27. The number of hydrogen-bond donors (Lipinski definition) is 1. The number of likely N-dealkylation sites (tertiary alicyclic amines) is 1. The van der Waals surface area contributed by atoms with Crippen LogP contribution in [0.1, 0.15) is 58.8 Å². The van der Waals surface area contributed by atoms with Crippen molar-refractivity contribution in [1.82, 2.24) is 4.90 Å². The second-order valence-electron chi connectivity index (χ2n) is 5.40. The molecule has 0 aromatic rings. The van der Waals surface area contributed by atoms with Crippen LogP contribution in [0.15, 0.2) is 0 Å². The zero-order valence-corrected chi connectivity index (χ0v) is 11.4. The van der Waals surface area contributed by atoms with Gasteiger partial charge in [0, 0.05) is 6.42 Å². The summed E-state index contributed by atoms with van der Waals surface area (Å²) in [5, 5.41) is 8.64. The minimum Gasteiger partial charge on any atom is -0.481 e. The lowest BCUT2D eigenvalue weighted by molar-refractivity contribution is -0.137. The third-order valence-electron chi connectivity index (χ3n) is 4.50. The first-order valence-electron chi connectivity index (χ1n) is 7.06. The van der Waals surface area contributed by atoms with Crippen molar-refractivity contribution in [1.29, 1.82) is 0 Å². The Hall–Kier alpha value is -0.570. The molecule has 100 valence electrons. The zero-order valence-electron chi connectivity index (χ0n) is 11.4. The molecule has 0 aromatic heterocycles. The van der Waals surface area contributed by atoms with Crippen molar-refractivity contribution in [2.75, 3.05) is 19.6 Å². The molecule has 0 radical (unpaired) electrons. The Morgan fingerprint density at radius 2 is 1.94 bits per heavy atom. The van der Waals surface area contributed by atoms with Crippen LogP contribution in [-0.4, -0.2) is 35.6 Å². The monoisotopic (exact) mass is 241 g/mol. The first-order valence-corrected chi connectivity index (χ1v) is 7.06. The van der Waals surface area contributed by atoms with Gasteiger partial charge in [0.2, 0.25) is 0 Å². The highest BCUT2D eigenvalue weighted by atomic mass is 16.4. The summed E-state index contributed by atoms with van der Waals surface area (Å²) < 4.78 is 0. The van der Waals surface area contributed by atoms with Crippen LogP contribution in [-0.2, 0) is 4.79 Å². The smallest absolute Gasteiger partial charge is 0.303 e. The molecule has 1 heterocycles. The predicted molar refractivity (Wildman–Crippen MR) is 70.2 cm³/mol. The molecule has 1 rings (SSSR count). The quantitative estimate of drug-likeness (QED) is 0.776. The number of carboxylic acids is 1. The topological polar surface area (TPSA) is 40.5 Å². The minimum absolute atomic E-state index is 0.309.